The Kier molecular flexibility index (Phi) is 6.19. The van der Waals surface area contributed by atoms with E-state index in [1.165, 1.54) is 12.1 Å². The van der Waals surface area contributed by atoms with Gasteiger partial charge in [-0.05, 0) is 49.2 Å². The lowest BCUT2D eigenvalue weighted by molar-refractivity contribution is -0.134. The third-order valence-electron chi connectivity index (χ3n) is 4.80. The number of benzene rings is 2. The van der Waals surface area contributed by atoms with Crippen molar-refractivity contribution in [2.24, 2.45) is 0 Å². The molecule has 148 valence electrons. The molecule has 0 saturated carbocycles. The molecule has 2 aromatic rings. The third-order valence-corrected chi connectivity index (χ3v) is 5.39. The van der Waals surface area contributed by atoms with Gasteiger partial charge in [-0.15, -0.1) is 0 Å². The predicted octanol–water partition coefficient (Wildman–Crippen LogP) is 3.46. The second-order valence-electron chi connectivity index (χ2n) is 6.81. The van der Waals surface area contributed by atoms with Crippen molar-refractivity contribution in [3.63, 3.8) is 0 Å². The number of hydrogen-bond acceptors (Lipinski definition) is 3. The number of aryl methyl sites for hydroxylation is 2. The molecular formula is C21H22ClFN2O3. The highest BCUT2D eigenvalue weighted by Gasteiger charge is 2.26. The van der Waals surface area contributed by atoms with Crippen LogP contribution in [-0.4, -0.2) is 54.4 Å². The molecule has 1 fully saturated rings. The van der Waals surface area contributed by atoms with E-state index in [-0.39, 0.29) is 24.0 Å². The number of carbonyl (C=O) groups excluding carboxylic acids is 2. The van der Waals surface area contributed by atoms with Crippen LogP contribution in [0.15, 0.2) is 36.4 Å². The van der Waals surface area contributed by atoms with E-state index >= 15 is 0 Å². The summed E-state index contributed by atoms with van der Waals surface area (Å²) in [5.41, 5.74) is 1.84. The maximum Gasteiger partial charge on any atom is 0.260 e. The Hall–Kier alpha value is -2.60. The Balaban J connectivity index is 1.53. The first-order valence-electron chi connectivity index (χ1n) is 9.08. The number of nitrogens with zero attached hydrogens (tertiary/aromatic N) is 2. The van der Waals surface area contributed by atoms with Crippen LogP contribution in [0.5, 0.6) is 5.75 Å². The normalized spacial score (nSPS) is 14.1. The van der Waals surface area contributed by atoms with E-state index in [0.29, 0.717) is 37.0 Å². The Bertz CT molecular complexity index is 872. The predicted molar refractivity (Wildman–Crippen MR) is 105 cm³/mol. The molecule has 3 rings (SSSR count). The van der Waals surface area contributed by atoms with Crippen LogP contribution in [-0.2, 0) is 4.79 Å². The quantitative estimate of drug-likeness (QED) is 0.784. The highest BCUT2D eigenvalue weighted by atomic mass is 35.5. The summed E-state index contributed by atoms with van der Waals surface area (Å²) in [5, 5.41) is 0.689. The van der Waals surface area contributed by atoms with E-state index in [9.17, 15) is 14.0 Å². The van der Waals surface area contributed by atoms with Gasteiger partial charge in [0.1, 0.15) is 11.6 Å². The topological polar surface area (TPSA) is 49.9 Å². The highest BCUT2D eigenvalue weighted by Crippen LogP contribution is 2.25. The van der Waals surface area contributed by atoms with E-state index in [0.717, 1.165) is 11.1 Å². The summed E-state index contributed by atoms with van der Waals surface area (Å²) < 4.78 is 19.4. The van der Waals surface area contributed by atoms with Gasteiger partial charge in [0.05, 0.1) is 5.56 Å². The van der Waals surface area contributed by atoms with Gasteiger partial charge in [0, 0.05) is 31.2 Å². The van der Waals surface area contributed by atoms with Crippen LogP contribution in [0.2, 0.25) is 5.02 Å². The molecule has 28 heavy (non-hydrogen) atoms. The van der Waals surface area contributed by atoms with E-state index in [4.69, 9.17) is 16.3 Å². The first-order valence-corrected chi connectivity index (χ1v) is 9.45. The fourth-order valence-electron chi connectivity index (χ4n) is 3.19. The van der Waals surface area contributed by atoms with Gasteiger partial charge in [-0.1, -0.05) is 23.7 Å². The van der Waals surface area contributed by atoms with Crippen molar-refractivity contribution in [2.45, 2.75) is 13.8 Å². The Labute approximate surface area is 168 Å². The van der Waals surface area contributed by atoms with Crippen molar-refractivity contribution >= 4 is 23.4 Å². The lowest BCUT2D eigenvalue weighted by atomic mass is 10.1. The van der Waals surface area contributed by atoms with Crippen LogP contribution in [0.3, 0.4) is 0 Å². The molecule has 5 nitrogen and oxygen atoms in total. The summed E-state index contributed by atoms with van der Waals surface area (Å²) >= 11 is 6.14. The lowest BCUT2D eigenvalue weighted by Crippen LogP contribution is -2.51. The number of halogens is 2. The molecule has 0 N–H and O–H groups in total. The van der Waals surface area contributed by atoms with Crippen molar-refractivity contribution in [1.29, 1.82) is 0 Å². The summed E-state index contributed by atoms with van der Waals surface area (Å²) in [5.74, 6) is -0.439. The molecule has 0 radical (unpaired) electrons. The van der Waals surface area contributed by atoms with Gasteiger partial charge in [0.15, 0.2) is 6.61 Å². The molecule has 1 saturated heterocycles. The van der Waals surface area contributed by atoms with Gasteiger partial charge in [0.2, 0.25) is 0 Å². The molecular weight excluding hydrogens is 383 g/mol. The van der Waals surface area contributed by atoms with Crippen molar-refractivity contribution in [1.82, 2.24) is 9.80 Å². The fourth-order valence-corrected chi connectivity index (χ4v) is 3.30. The molecule has 0 aromatic heterocycles. The number of amides is 2. The molecule has 2 aromatic carbocycles. The van der Waals surface area contributed by atoms with Crippen LogP contribution < -0.4 is 4.74 Å². The zero-order valence-electron chi connectivity index (χ0n) is 15.9. The highest BCUT2D eigenvalue weighted by molar-refractivity contribution is 6.32. The summed E-state index contributed by atoms with van der Waals surface area (Å²) in [6.07, 6.45) is 0. The van der Waals surface area contributed by atoms with E-state index in [2.05, 4.69) is 0 Å². The SMILES string of the molecule is Cc1cc(OCC(=O)N2CCN(C(=O)c3ccccc3F)CC2)cc(C)c1Cl. The Morgan fingerprint density at radius 2 is 1.61 bits per heavy atom. The van der Waals surface area contributed by atoms with Gasteiger partial charge in [-0.25, -0.2) is 4.39 Å². The zero-order chi connectivity index (χ0) is 20.3. The minimum atomic E-state index is -0.534. The Morgan fingerprint density at radius 3 is 2.21 bits per heavy atom. The van der Waals surface area contributed by atoms with Crippen LogP contribution in [0, 0.1) is 19.7 Å². The molecule has 0 spiro atoms. The van der Waals surface area contributed by atoms with E-state index in [1.54, 1.807) is 34.1 Å². The van der Waals surface area contributed by atoms with Crippen molar-refractivity contribution in [2.75, 3.05) is 32.8 Å². The summed E-state index contributed by atoms with van der Waals surface area (Å²) in [6, 6.07) is 9.52. The van der Waals surface area contributed by atoms with Crippen LogP contribution >= 0.6 is 11.6 Å². The maximum absolute atomic E-state index is 13.8. The number of piperazine rings is 1. The standard InChI is InChI=1S/C21H22ClFN2O3/c1-14-11-16(12-15(2)20(14)22)28-13-19(26)24-7-9-25(10-8-24)21(27)17-5-3-4-6-18(17)23/h3-6,11-12H,7-10,13H2,1-2H3. The molecule has 2 amide bonds. The largest absolute Gasteiger partial charge is 0.484 e. The van der Waals surface area contributed by atoms with Gasteiger partial charge in [0.25, 0.3) is 11.8 Å². The average Bonchev–Trinajstić information content (AvgIpc) is 2.70. The molecule has 0 aliphatic carbocycles. The second kappa shape index (κ2) is 8.61. The minimum Gasteiger partial charge on any atom is -0.484 e. The first-order chi connectivity index (χ1) is 13.4. The van der Waals surface area contributed by atoms with Crippen LogP contribution in [0.1, 0.15) is 21.5 Å². The third kappa shape index (κ3) is 4.44. The summed E-state index contributed by atoms with van der Waals surface area (Å²) in [6.45, 7) is 5.19. The maximum atomic E-state index is 13.8. The second-order valence-corrected chi connectivity index (χ2v) is 7.19. The van der Waals surface area contributed by atoms with Crippen LogP contribution in [0.25, 0.3) is 0 Å². The lowest BCUT2D eigenvalue weighted by Gasteiger charge is -2.34. The number of ether oxygens (including phenoxy) is 1. The zero-order valence-corrected chi connectivity index (χ0v) is 16.6. The molecule has 0 unspecified atom stereocenters. The molecule has 0 bridgehead atoms. The molecule has 1 aliphatic rings. The Morgan fingerprint density at radius 1 is 1.04 bits per heavy atom. The smallest absolute Gasteiger partial charge is 0.260 e. The number of hydrogen-bond donors (Lipinski definition) is 0. The van der Waals surface area contributed by atoms with Gasteiger partial charge in [-0.2, -0.15) is 0 Å². The van der Waals surface area contributed by atoms with Gasteiger partial charge in [-0.3, -0.25) is 9.59 Å². The molecule has 7 heteroatoms. The summed E-state index contributed by atoms with van der Waals surface area (Å²) in [4.78, 5) is 28.1. The molecule has 1 aliphatic heterocycles. The fraction of sp³-hybridized carbons (Fsp3) is 0.333. The summed E-state index contributed by atoms with van der Waals surface area (Å²) in [7, 11) is 0. The van der Waals surface area contributed by atoms with Crippen LogP contribution in [0.4, 0.5) is 4.39 Å². The minimum absolute atomic E-state index is 0.0547. The average molecular weight is 405 g/mol. The van der Waals surface area contributed by atoms with Crippen molar-refractivity contribution < 1.29 is 18.7 Å². The van der Waals surface area contributed by atoms with Crippen molar-refractivity contribution in [3.8, 4) is 5.75 Å². The van der Waals surface area contributed by atoms with E-state index in [1.807, 2.05) is 13.8 Å². The van der Waals surface area contributed by atoms with Gasteiger partial charge < -0.3 is 14.5 Å². The van der Waals surface area contributed by atoms with E-state index < -0.39 is 5.82 Å². The number of carbonyl (C=O) groups is 2. The first kappa shape index (κ1) is 20.1. The number of rotatable bonds is 4. The monoisotopic (exact) mass is 404 g/mol. The molecule has 1 heterocycles. The van der Waals surface area contributed by atoms with Crippen molar-refractivity contribution in [3.05, 3.63) is 63.9 Å². The molecule has 0 atom stereocenters. The van der Waals surface area contributed by atoms with Gasteiger partial charge >= 0.3 is 0 Å².